The summed E-state index contributed by atoms with van der Waals surface area (Å²) >= 11 is 0. The molecule has 2 aromatic rings. The highest BCUT2D eigenvalue weighted by Gasteiger charge is 2.09. The molecule has 0 unspecified atom stereocenters. The van der Waals surface area contributed by atoms with Crippen molar-refractivity contribution in [1.82, 2.24) is 20.2 Å². The molecule has 0 bridgehead atoms. The molecule has 0 fully saturated rings. The van der Waals surface area contributed by atoms with Gasteiger partial charge in [-0.15, -0.1) is 0 Å². The Labute approximate surface area is 114 Å². The lowest BCUT2D eigenvalue weighted by Crippen LogP contribution is -2.17. The number of H-pyrrole nitrogens is 1. The number of aromatic nitrogens is 4. The van der Waals surface area contributed by atoms with Crippen LogP contribution in [0.3, 0.4) is 0 Å². The quantitative estimate of drug-likeness (QED) is 0.737. The second kappa shape index (κ2) is 6.41. The fourth-order valence-corrected chi connectivity index (χ4v) is 1.41. The van der Waals surface area contributed by atoms with Gasteiger partial charge < -0.3 is 10.6 Å². The second-order valence-corrected chi connectivity index (χ2v) is 3.98. The molecule has 0 aromatic carbocycles. The minimum atomic E-state index is -0.447. The fraction of sp³-hybridized carbons (Fsp3) is 0.250. The van der Waals surface area contributed by atoms with E-state index in [1.54, 1.807) is 6.20 Å². The van der Waals surface area contributed by atoms with Gasteiger partial charge in [0.05, 0.1) is 12.4 Å². The normalized spacial score (nSPS) is 10.1. The van der Waals surface area contributed by atoms with Crippen LogP contribution in [0.5, 0.6) is 0 Å². The first-order valence-electron chi connectivity index (χ1n) is 6.12. The van der Waals surface area contributed by atoms with Crippen LogP contribution in [0.15, 0.2) is 29.3 Å². The summed E-state index contributed by atoms with van der Waals surface area (Å²) in [5.41, 5.74) is -0.173. The number of rotatable bonds is 5. The van der Waals surface area contributed by atoms with Crippen molar-refractivity contribution in [2.45, 2.75) is 13.3 Å². The second-order valence-electron chi connectivity index (χ2n) is 3.98. The number of amides is 1. The van der Waals surface area contributed by atoms with Crippen LogP contribution in [0.4, 0.5) is 11.6 Å². The summed E-state index contributed by atoms with van der Waals surface area (Å²) in [6, 6.07) is 2.68. The Kier molecular flexibility index (Phi) is 4.38. The lowest BCUT2D eigenvalue weighted by atomic mass is 10.4. The number of nitrogens with one attached hydrogen (secondary N) is 3. The summed E-state index contributed by atoms with van der Waals surface area (Å²) in [4.78, 5) is 30.9. The van der Waals surface area contributed by atoms with E-state index in [1.807, 2.05) is 6.92 Å². The molecule has 3 N–H and O–H groups in total. The number of carbonyl (C=O) groups excluding carboxylic acids is 1. The van der Waals surface area contributed by atoms with Gasteiger partial charge in [-0.05, 0) is 12.5 Å². The first kappa shape index (κ1) is 13.7. The van der Waals surface area contributed by atoms with Gasteiger partial charge in [0.15, 0.2) is 5.82 Å². The topological polar surface area (TPSA) is 113 Å². The van der Waals surface area contributed by atoms with Gasteiger partial charge in [0.25, 0.3) is 11.5 Å². The van der Waals surface area contributed by atoms with Gasteiger partial charge >= 0.3 is 0 Å². The molecule has 0 atom stereocenters. The maximum atomic E-state index is 12.0. The van der Waals surface area contributed by atoms with Gasteiger partial charge in [-0.3, -0.25) is 14.6 Å². The number of carbonyl (C=O) groups is 1. The third-order valence-corrected chi connectivity index (χ3v) is 2.34. The highest BCUT2D eigenvalue weighted by Crippen LogP contribution is 2.05. The Hall–Kier alpha value is -2.77. The molecule has 2 rings (SSSR count). The number of aromatic amines is 1. The molecule has 8 nitrogen and oxygen atoms in total. The van der Waals surface area contributed by atoms with Crippen molar-refractivity contribution in [3.05, 3.63) is 40.6 Å². The molecule has 2 heterocycles. The smallest absolute Gasteiger partial charge is 0.277 e. The first-order valence-corrected chi connectivity index (χ1v) is 6.12. The van der Waals surface area contributed by atoms with E-state index in [0.29, 0.717) is 5.82 Å². The van der Waals surface area contributed by atoms with E-state index in [1.165, 1.54) is 18.3 Å². The Morgan fingerprint density at radius 3 is 2.85 bits per heavy atom. The molecule has 20 heavy (non-hydrogen) atoms. The molecular weight excluding hydrogens is 260 g/mol. The van der Waals surface area contributed by atoms with Gasteiger partial charge in [0, 0.05) is 12.6 Å². The van der Waals surface area contributed by atoms with E-state index < -0.39 is 5.91 Å². The third kappa shape index (κ3) is 3.61. The Bertz CT molecular complexity index is 634. The van der Waals surface area contributed by atoms with Crippen LogP contribution >= 0.6 is 0 Å². The fourth-order valence-electron chi connectivity index (χ4n) is 1.41. The van der Waals surface area contributed by atoms with Crippen molar-refractivity contribution in [2.24, 2.45) is 0 Å². The van der Waals surface area contributed by atoms with Gasteiger partial charge in [-0.2, -0.15) is 5.10 Å². The van der Waals surface area contributed by atoms with E-state index in [9.17, 15) is 9.59 Å². The lowest BCUT2D eigenvalue weighted by Gasteiger charge is -2.06. The van der Waals surface area contributed by atoms with Crippen LogP contribution in [0, 0.1) is 0 Å². The highest BCUT2D eigenvalue weighted by molar-refractivity contribution is 6.02. The van der Waals surface area contributed by atoms with Crippen molar-refractivity contribution in [3.63, 3.8) is 0 Å². The van der Waals surface area contributed by atoms with Crippen molar-refractivity contribution >= 4 is 17.5 Å². The van der Waals surface area contributed by atoms with Crippen molar-refractivity contribution in [2.75, 3.05) is 17.2 Å². The number of anilines is 2. The minimum absolute atomic E-state index is 0.166. The Morgan fingerprint density at radius 1 is 1.30 bits per heavy atom. The van der Waals surface area contributed by atoms with Crippen LogP contribution in [-0.4, -0.2) is 32.6 Å². The molecule has 0 aliphatic carbocycles. The van der Waals surface area contributed by atoms with Crippen LogP contribution in [0.1, 0.15) is 23.8 Å². The number of hydrogen-bond donors (Lipinski definition) is 3. The van der Waals surface area contributed by atoms with Gasteiger partial charge in [0.1, 0.15) is 11.5 Å². The first-order chi connectivity index (χ1) is 9.69. The number of hydrogen-bond acceptors (Lipinski definition) is 6. The van der Waals surface area contributed by atoms with Crippen molar-refractivity contribution in [3.8, 4) is 0 Å². The zero-order valence-corrected chi connectivity index (χ0v) is 10.9. The predicted octanol–water partition coefficient (Wildman–Crippen LogP) is 0.634. The average Bonchev–Trinajstić information content (AvgIpc) is 2.48. The van der Waals surface area contributed by atoms with Gasteiger partial charge in [-0.1, -0.05) is 6.92 Å². The zero-order valence-electron chi connectivity index (χ0n) is 10.9. The van der Waals surface area contributed by atoms with E-state index in [4.69, 9.17) is 0 Å². The van der Waals surface area contributed by atoms with Gasteiger partial charge in [-0.25, -0.2) is 10.1 Å². The maximum Gasteiger partial charge on any atom is 0.277 e. The Morgan fingerprint density at radius 2 is 2.15 bits per heavy atom. The van der Waals surface area contributed by atoms with Gasteiger partial charge in [0.2, 0.25) is 0 Å². The summed E-state index contributed by atoms with van der Waals surface area (Å²) in [5.74, 6) is 0.328. The summed E-state index contributed by atoms with van der Waals surface area (Å²) in [6.45, 7) is 2.78. The summed E-state index contributed by atoms with van der Waals surface area (Å²) in [5, 5.41) is 11.5. The van der Waals surface area contributed by atoms with Crippen LogP contribution in [0.25, 0.3) is 0 Å². The molecule has 2 aromatic heterocycles. The monoisotopic (exact) mass is 274 g/mol. The van der Waals surface area contributed by atoms with Crippen molar-refractivity contribution in [1.29, 1.82) is 0 Å². The molecule has 0 saturated carbocycles. The number of nitrogens with zero attached hydrogens (tertiary/aromatic N) is 3. The van der Waals surface area contributed by atoms with E-state index >= 15 is 0 Å². The third-order valence-electron chi connectivity index (χ3n) is 2.34. The van der Waals surface area contributed by atoms with E-state index in [0.717, 1.165) is 13.0 Å². The van der Waals surface area contributed by atoms with Crippen LogP contribution in [0.2, 0.25) is 0 Å². The van der Waals surface area contributed by atoms with Crippen LogP contribution in [-0.2, 0) is 0 Å². The predicted molar refractivity (Wildman–Crippen MR) is 73.6 cm³/mol. The molecule has 104 valence electrons. The van der Waals surface area contributed by atoms with Crippen LogP contribution < -0.4 is 16.2 Å². The SMILES string of the molecule is CCCNc1cncc(C(=O)Nc2ccc(=O)[nH]n2)n1. The summed E-state index contributed by atoms with van der Waals surface area (Å²) < 4.78 is 0. The Balaban J connectivity index is 2.08. The highest BCUT2D eigenvalue weighted by atomic mass is 16.2. The van der Waals surface area contributed by atoms with E-state index in [2.05, 4.69) is 30.8 Å². The molecule has 0 aliphatic rings. The van der Waals surface area contributed by atoms with E-state index in [-0.39, 0.29) is 17.1 Å². The molecule has 0 aliphatic heterocycles. The standard InChI is InChI=1S/C12H14N6O2/c1-2-5-14-10-7-13-6-8(15-10)12(20)16-9-3-4-11(19)18-17-9/h3-4,6-7H,2,5H2,1H3,(H,14,15)(H,18,19)(H,16,17,20). The largest absolute Gasteiger partial charge is 0.369 e. The zero-order chi connectivity index (χ0) is 14.4. The average molecular weight is 274 g/mol. The molecule has 1 amide bonds. The summed E-state index contributed by atoms with van der Waals surface area (Å²) in [6.07, 6.45) is 3.85. The molecular formula is C12H14N6O2. The molecule has 0 spiro atoms. The van der Waals surface area contributed by atoms with Crippen molar-refractivity contribution < 1.29 is 4.79 Å². The molecule has 0 saturated heterocycles. The minimum Gasteiger partial charge on any atom is -0.369 e. The lowest BCUT2D eigenvalue weighted by molar-refractivity contribution is 0.102. The maximum absolute atomic E-state index is 12.0. The molecule has 0 radical (unpaired) electrons. The summed E-state index contributed by atoms with van der Waals surface area (Å²) in [7, 11) is 0. The molecule has 8 heteroatoms.